The molecule has 0 aliphatic rings. The van der Waals surface area contributed by atoms with Gasteiger partial charge >= 0.3 is 0 Å². The van der Waals surface area contributed by atoms with E-state index in [4.69, 9.17) is 30.4 Å². The van der Waals surface area contributed by atoms with Crippen LogP contribution in [-0.4, -0.2) is 65.0 Å². The Bertz CT molecular complexity index is 905. The zero-order valence-corrected chi connectivity index (χ0v) is 26.3. The zero-order chi connectivity index (χ0) is 30.5. The van der Waals surface area contributed by atoms with Crippen LogP contribution in [0, 0.1) is 29.1 Å². The van der Waals surface area contributed by atoms with Gasteiger partial charge < -0.3 is 35.7 Å². The molecule has 40 heavy (non-hydrogen) atoms. The molecule has 1 aromatic rings. The summed E-state index contributed by atoms with van der Waals surface area (Å²) in [7, 11) is 4.97. The number of primary amides is 1. The smallest absolute Gasteiger partial charge is 0.224 e. The van der Waals surface area contributed by atoms with Gasteiger partial charge in [-0.3, -0.25) is 9.59 Å². The molecule has 4 atom stereocenters. The van der Waals surface area contributed by atoms with Crippen LogP contribution < -0.4 is 26.3 Å². The maximum Gasteiger partial charge on any atom is 0.224 e. The van der Waals surface area contributed by atoms with E-state index in [2.05, 4.69) is 25.2 Å². The maximum atomic E-state index is 13.1. The number of nitrogens with one attached hydrogen (secondary N) is 1. The van der Waals surface area contributed by atoms with Crippen LogP contribution in [0.1, 0.15) is 66.4 Å². The van der Waals surface area contributed by atoms with E-state index in [0.29, 0.717) is 37.2 Å². The Morgan fingerprint density at radius 3 is 2.17 bits per heavy atom. The van der Waals surface area contributed by atoms with Crippen molar-refractivity contribution < 1.29 is 28.5 Å². The second-order valence-electron chi connectivity index (χ2n) is 12.1. The maximum absolute atomic E-state index is 13.1. The third-order valence-corrected chi connectivity index (χ3v) is 7.77. The Morgan fingerprint density at radius 1 is 0.975 bits per heavy atom. The molecule has 0 spiro atoms. The number of carbonyl (C=O) groups excluding carboxylic acids is 2. The number of carbonyl (C=O) groups is 2. The number of hydrogen-bond acceptors (Lipinski definition) is 7. The highest BCUT2D eigenvalue weighted by Crippen LogP contribution is 2.32. The van der Waals surface area contributed by atoms with Crippen LogP contribution in [0.25, 0.3) is 0 Å². The van der Waals surface area contributed by atoms with E-state index in [1.54, 1.807) is 35.2 Å². The minimum Gasteiger partial charge on any atom is -0.493 e. The van der Waals surface area contributed by atoms with Gasteiger partial charge in [-0.05, 0) is 68.6 Å². The Hall–Kier alpha value is -2.36. The standard InChI is InChI=1S/C31H55N3O6/c1-20(2)23(15-22-11-12-26(38-8)28(16-22)40-14-10-13-37-7)17-25(32)27(39-9)18-24(21(3)4)29(35)34-19-31(5,6)30(33)36/h11-12,16,20-21,23-25,27H,10,13-15,17-19,32H2,1-9H3,(H2,33,36)(H,34,35)/t23-,24-,25-,27-/m0/s1. The fourth-order valence-corrected chi connectivity index (χ4v) is 4.65. The fourth-order valence-electron chi connectivity index (χ4n) is 4.65. The molecule has 1 aromatic carbocycles. The largest absolute Gasteiger partial charge is 0.493 e. The number of methoxy groups -OCH3 is 3. The number of benzene rings is 1. The molecule has 0 unspecified atom stereocenters. The lowest BCUT2D eigenvalue weighted by Crippen LogP contribution is -2.47. The number of nitrogens with two attached hydrogens (primary N) is 2. The molecule has 0 saturated carbocycles. The minimum absolute atomic E-state index is 0.0732. The highest BCUT2D eigenvalue weighted by atomic mass is 16.5. The Labute approximate surface area is 242 Å². The summed E-state index contributed by atoms with van der Waals surface area (Å²) in [4.78, 5) is 24.8. The van der Waals surface area contributed by atoms with Crippen molar-refractivity contribution in [1.82, 2.24) is 5.32 Å². The van der Waals surface area contributed by atoms with Gasteiger partial charge in [0.1, 0.15) is 0 Å². The van der Waals surface area contributed by atoms with Crippen molar-refractivity contribution in [1.29, 1.82) is 0 Å². The van der Waals surface area contributed by atoms with Gasteiger partial charge in [0.15, 0.2) is 11.5 Å². The Balaban J connectivity index is 2.95. The molecule has 2 amide bonds. The molecular formula is C31H55N3O6. The molecule has 230 valence electrons. The third kappa shape index (κ3) is 11.6. The SMILES string of the molecule is COCCCOc1cc(C[C@@H](C[C@H](N)[C@H](C[C@H](C(=O)NCC(C)(C)C(N)=O)C(C)C)OC)C(C)C)ccc1OC. The second-order valence-corrected chi connectivity index (χ2v) is 12.1. The van der Waals surface area contributed by atoms with Crippen molar-refractivity contribution in [3.8, 4) is 11.5 Å². The molecule has 0 radical (unpaired) electrons. The monoisotopic (exact) mass is 565 g/mol. The first-order valence-corrected chi connectivity index (χ1v) is 14.4. The van der Waals surface area contributed by atoms with Crippen molar-refractivity contribution in [3.05, 3.63) is 23.8 Å². The van der Waals surface area contributed by atoms with Crippen molar-refractivity contribution in [3.63, 3.8) is 0 Å². The zero-order valence-electron chi connectivity index (χ0n) is 26.3. The van der Waals surface area contributed by atoms with Crippen LogP contribution in [0.3, 0.4) is 0 Å². The fraction of sp³-hybridized carbons (Fsp3) is 0.742. The first kappa shape index (κ1) is 35.7. The molecule has 0 aromatic heterocycles. The molecule has 9 nitrogen and oxygen atoms in total. The summed E-state index contributed by atoms with van der Waals surface area (Å²) in [5.41, 5.74) is 12.5. The highest BCUT2D eigenvalue weighted by Gasteiger charge is 2.32. The summed E-state index contributed by atoms with van der Waals surface area (Å²) >= 11 is 0. The Kier molecular flexibility index (Phi) is 15.6. The molecule has 0 aliphatic carbocycles. The summed E-state index contributed by atoms with van der Waals surface area (Å²) in [6, 6.07) is 5.81. The van der Waals surface area contributed by atoms with E-state index < -0.39 is 11.3 Å². The molecule has 0 heterocycles. The molecular weight excluding hydrogens is 510 g/mol. The van der Waals surface area contributed by atoms with Gasteiger partial charge in [0.05, 0.1) is 25.2 Å². The molecule has 1 rings (SSSR count). The molecule has 0 saturated heterocycles. The van der Waals surface area contributed by atoms with E-state index in [-0.39, 0.29) is 36.4 Å². The van der Waals surface area contributed by atoms with Gasteiger partial charge in [-0.25, -0.2) is 0 Å². The van der Waals surface area contributed by atoms with E-state index in [0.717, 1.165) is 30.6 Å². The summed E-state index contributed by atoms with van der Waals surface area (Å²) in [5.74, 6) is 1.31. The molecule has 5 N–H and O–H groups in total. The van der Waals surface area contributed by atoms with Crippen LogP contribution in [0.4, 0.5) is 0 Å². The predicted molar refractivity (Wildman–Crippen MR) is 159 cm³/mol. The molecule has 9 heteroatoms. The normalized spacial score (nSPS) is 15.0. The van der Waals surface area contributed by atoms with Gasteiger partial charge in [0.25, 0.3) is 0 Å². The van der Waals surface area contributed by atoms with E-state index in [9.17, 15) is 9.59 Å². The average molecular weight is 566 g/mol. The topological polar surface area (TPSA) is 135 Å². The van der Waals surface area contributed by atoms with Gasteiger partial charge in [0, 0.05) is 45.8 Å². The van der Waals surface area contributed by atoms with Crippen molar-refractivity contribution in [2.75, 3.05) is 41.1 Å². The lowest BCUT2D eigenvalue weighted by atomic mass is 9.80. The van der Waals surface area contributed by atoms with E-state index in [1.165, 1.54) is 0 Å². The van der Waals surface area contributed by atoms with Gasteiger partial charge in [-0.1, -0.05) is 33.8 Å². The van der Waals surface area contributed by atoms with Crippen molar-refractivity contribution >= 4 is 11.8 Å². The molecule has 0 fully saturated rings. The van der Waals surface area contributed by atoms with Crippen LogP contribution in [0.2, 0.25) is 0 Å². The third-order valence-electron chi connectivity index (χ3n) is 7.77. The van der Waals surface area contributed by atoms with Gasteiger partial charge in [-0.15, -0.1) is 0 Å². The number of hydrogen-bond donors (Lipinski definition) is 3. The van der Waals surface area contributed by atoms with E-state index >= 15 is 0 Å². The number of amides is 2. The molecule has 0 aliphatic heterocycles. The van der Waals surface area contributed by atoms with E-state index in [1.807, 2.05) is 26.0 Å². The van der Waals surface area contributed by atoms with Gasteiger partial charge in [0.2, 0.25) is 11.8 Å². The van der Waals surface area contributed by atoms with Crippen molar-refractivity contribution in [2.24, 2.45) is 40.6 Å². The highest BCUT2D eigenvalue weighted by molar-refractivity contribution is 5.83. The quantitative estimate of drug-likeness (QED) is 0.204. The summed E-state index contributed by atoms with van der Waals surface area (Å²) < 4.78 is 22.4. The number of rotatable bonds is 20. The molecule has 0 bridgehead atoms. The second kappa shape index (κ2) is 17.5. The first-order valence-electron chi connectivity index (χ1n) is 14.4. The lowest BCUT2D eigenvalue weighted by Gasteiger charge is -2.32. The minimum atomic E-state index is -0.824. The average Bonchev–Trinajstić information content (AvgIpc) is 2.89. The summed E-state index contributed by atoms with van der Waals surface area (Å²) in [6.07, 6.45) is 2.57. The Morgan fingerprint density at radius 2 is 1.65 bits per heavy atom. The van der Waals surface area contributed by atoms with Gasteiger partial charge in [-0.2, -0.15) is 0 Å². The van der Waals surface area contributed by atoms with Crippen LogP contribution >= 0.6 is 0 Å². The first-order chi connectivity index (χ1) is 18.8. The number of ether oxygens (including phenoxy) is 4. The van der Waals surface area contributed by atoms with Crippen LogP contribution in [0.15, 0.2) is 18.2 Å². The van der Waals surface area contributed by atoms with Crippen LogP contribution in [-0.2, 0) is 25.5 Å². The predicted octanol–water partition coefficient (Wildman–Crippen LogP) is 3.95. The lowest BCUT2D eigenvalue weighted by molar-refractivity contribution is -0.130. The van der Waals surface area contributed by atoms with Crippen LogP contribution in [0.5, 0.6) is 11.5 Å². The summed E-state index contributed by atoms with van der Waals surface area (Å²) in [6.45, 7) is 13.2. The van der Waals surface area contributed by atoms with Crippen molar-refractivity contribution in [2.45, 2.75) is 79.4 Å². The summed E-state index contributed by atoms with van der Waals surface area (Å²) in [5, 5.41) is 2.92.